The van der Waals surface area contributed by atoms with Crippen molar-refractivity contribution in [1.29, 1.82) is 0 Å². The van der Waals surface area contributed by atoms with Gasteiger partial charge in [-0.05, 0) is 12.8 Å². The largest absolute Gasteiger partial charge is 0.349 e. The number of carbonyl (C=O) groups is 1. The van der Waals surface area contributed by atoms with E-state index in [1.807, 2.05) is 0 Å². The van der Waals surface area contributed by atoms with Crippen LogP contribution < -0.4 is 10.6 Å². The molecule has 2 aromatic rings. The predicted octanol–water partition coefficient (Wildman–Crippen LogP) is 3.49. The molecule has 1 amide bonds. The van der Waals surface area contributed by atoms with Gasteiger partial charge in [-0.1, -0.05) is 25.7 Å². The third-order valence-electron chi connectivity index (χ3n) is 4.22. The Balaban J connectivity index is 0.00000169. The minimum atomic E-state index is -0.135. The molecule has 2 aromatic heterocycles. The number of hydrogen-bond acceptors (Lipinski definition) is 6. The van der Waals surface area contributed by atoms with Crippen LogP contribution in [-0.4, -0.2) is 40.0 Å². The van der Waals surface area contributed by atoms with Crippen LogP contribution >= 0.6 is 36.2 Å². The smallest absolute Gasteiger partial charge is 0.270 e. The third-order valence-corrected chi connectivity index (χ3v) is 5.08. The highest BCUT2D eigenvalue weighted by Crippen LogP contribution is 2.20. The highest BCUT2D eigenvalue weighted by Gasteiger charge is 2.13. The summed E-state index contributed by atoms with van der Waals surface area (Å²) in [7, 11) is 0. The Hall–Kier alpha value is -1.28. The molecule has 6 nitrogen and oxygen atoms in total. The Bertz CT molecular complexity index is 648. The van der Waals surface area contributed by atoms with Crippen LogP contribution in [0.5, 0.6) is 0 Å². The van der Waals surface area contributed by atoms with Crippen LogP contribution in [0.15, 0.2) is 24.0 Å². The van der Waals surface area contributed by atoms with Gasteiger partial charge in [-0.25, -0.2) is 4.98 Å². The van der Waals surface area contributed by atoms with Gasteiger partial charge in [-0.15, -0.1) is 36.2 Å². The maximum atomic E-state index is 12.2. The van der Waals surface area contributed by atoms with Gasteiger partial charge in [-0.2, -0.15) is 0 Å². The van der Waals surface area contributed by atoms with Crippen molar-refractivity contribution in [3.8, 4) is 10.7 Å². The van der Waals surface area contributed by atoms with Crippen LogP contribution in [0.3, 0.4) is 0 Å². The molecule has 1 aliphatic carbocycles. The number of thiazole rings is 1. The van der Waals surface area contributed by atoms with Crippen molar-refractivity contribution in [2.24, 2.45) is 0 Å². The first-order valence-corrected chi connectivity index (χ1v) is 9.44. The maximum absolute atomic E-state index is 12.2. The summed E-state index contributed by atoms with van der Waals surface area (Å²) in [6.45, 7) is 1.42. The molecule has 26 heavy (non-hydrogen) atoms. The lowest BCUT2D eigenvalue weighted by molar-refractivity contribution is 0.0949. The van der Waals surface area contributed by atoms with Crippen molar-refractivity contribution < 1.29 is 4.79 Å². The first kappa shape index (κ1) is 22.8. The molecule has 0 aliphatic heterocycles. The SMILES string of the molecule is Cl.Cl.O=C(NCCNC1CCCCCC1)c1csc(-c2cnccn2)n1. The van der Waals surface area contributed by atoms with E-state index in [4.69, 9.17) is 0 Å². The van der Waals surface area contributed by atoms with Crippen LogP contribution in [0.25, 0.3) is 10.7 Å². The summed E-state index contributed by atoms with van der Waals surface area (Å²) in [5.74, 6) is -0.135. The molecule has 3 rings (SSSR count). The summed E-state index contributed by atoms with van der Waals surface area (Å²) >= 11 is 1.41. The van der Waals surface area contributed by atoms with Crippen molar-refractivity contribution in [3.63, 3.8) is 0 Å². The minimum Gasteiger partial charge on any atom is -0.349 e. The van der Waals surface area contributed by atoms with E-state index in [0.717, 1.165) is 6.54 Å². The summed E-state index contributed by atoms with van der Waals surface area (Å²) in [6.07, 6.45) is 12.7. The molecule has 0 unspecified atom stereocenters. The summed E-state index contributed by atoms with van der Waals surface area (Å²) in [5, 5.41) is 8.95. The van der Waals surface area contributed by atoms with Crippen molar-refractivity contribution in [1.82, 2.24) is 25.6 Å². The predicted molar refractivity (Wildman–Crippen MR) is 109 cm³/mol. The van der Waals surface area contributed by atoms with E-state index < -0.39 is 0 Å². The van der Waals surface area contributed by atoms with Gasteiger partial charge in [0.15, 0.2) is 0 Å². The van der Waals surface area contributed by atoms with Crippen molar-refractivity contribution in [3.05, 3.63) is 29.7 Å². The molecule has 0 radical (unpaired) electrons. The van der Waals surface area contributed by atoms with Crippen LogP contribution in [0, 0.1) is 0 Å². The van der Waals surface area contributed by atoms with Gasteiger partial charge in [0.05, 0.1) is 6.20 Å². The lowest BCUT2D eigenvalue weighted by atomic mass is 10.1. The Morgan fingerprint density at radius 2 is 1.88 bits per heavy atom. The second-order valence-electron chi connectivity index (χ2n) is 6.03. The van der Waals surface area contributed by atoms with E-state index in [1.165, 1.54) is 49.9 Å². The van der Waals surface area contributed by atoms with E-state index in [0.29, 0.717) is 29.0 Å². The molecule has 2 N–H and O–H groups in total. The first-order chi connectivity index (χ1) is 11.8. The van der Waals surface area contributed by atoms with Gasteiger partial charge >= 0.3 is 0 Å². The van der Waals surface area contributed by atoms with Gasteiger partial charge in [0.1, 0.15) is 16.4 Å². The Morgan fingerprint density at radius 3 is 2.58 bits per heavy atom. The molecule has 0 bridgehead atoms. The van der Waals surface area contributed by atoms with Gasteiger partial charge in [-0.3, -0.25) is 14.8 Å². The zero-order valence-corrected chi connectivity index (χ0v) is 17.0. The Morgan fingerprint density at radius 1 is 1.12 bits per heavy atom. The lowest BCUT2D eigenvalue weighted by Gasteiger charge is -2.16. The molecule has 2 heterocycles. The Labute approximate surface area is 170 Å². The molecule has 0 aromatic carbocycles. The second kappa shape index (κ2) is 12.2. The van der Waals surface area contributed by atoms with Gasteiger partial charge < -0.3 is 10.6 Å². The number of nitrogens with zero attached hydrogens (tertiary/aromatic N) is 3. The number of amides is 1. The van der Waals surface area contributed by atoms with E-state index in [-0.39, 0.29) is 30.7 Å². The number of hydrogen-bond donors (Lipinski definition) is 2. The van der Waals surface area contributed by atoms with Crippen LogP contribution in [-0.2, 0) is 0 Å². The van der Waals surface area contributed by atoms with E-state index in [9.17, 15) is 4.79 Å². The van der Waals surface area contributed by atoms with Gasteiger partial charge in [0.2, 0.25) is 0 Å². The molecular formula is C17H25Cl2N5OS. The topological polar surface area (TPSA) is 79.8 Å². The van der Waals surface area contributed by atoms with Gasteiger partial charge in [0.25, 0.3) is 5.91 Å². The normalized spacial score (nSPS) is 14.6. The minimum absolute atomic E-state index is 0. The monoisotopic (exact) mass is 417 g/mol. The summed E-state index contributed by atoms with van der Waals surface area (Å²) in [6, 6.07) is 0.604. The average Bonchev–Trinajstić information content (AvgIpc) is 2.97. The molecule has 0 spiro atoms. The number of halogens is 2. The number of aromatic nitrogens is 3. The fourth-order valence-electron chi connectivity index (χ4n) is 2.93. The molecule has 9 heteroatoms. The molecule has 1 aliphatic rings. The fraction of sp³-hybridized carbons (Fsp3) is 0.529. The third kappa shape index (κ3) is 6.79. The standard InChI is InChI=1S/C17H23N5OS.2ClH/c23-16(21-10-9-19-13-5-3-1-2-4-6-13)15-12-24-17(22-15)14-11-18-7-8-20-14;;/h7-8,11-13,19H,1-6,9-10H2,(H,21,23);2*1H. The highest BCUT2D eigenvalue weighted by atomic mass is 35.5. The van der Waals surface area contributed by atoms with Crippen LogP contribution in [0.4, 0.5) is 0 Å². The maximum Gasteiger partial charge on any atom is 0.270 e. The summed E-state index contributed by atoms with van der Waals surface area (Å²) < 4.78 is 0. The Kier molecular flexibility index (Phi) is 10.7. The van der Waals surface area contributed by atoms with Gasteiger partial charge in [0, 0.05) is 36.9 Å². The lowest BCUT2D eigenvalue weighted by Crippen LogP contribution is -2.36. The van der Waals surface area contributed by atoms with E-state index in [2.05, 4.69) is 25.6 Å². The van der Waals surface area contributed by atoms with E-state index >= 15 is 0 Å². The van der Waals surface area contributed by atoms with Crippen molar-refractivity contribution in [2.75, 3.05) is 13.1 Å². The number of carbonyl (C=O) groups excluding carboxylic acids is 1. The van der Waals surface area contributed by atoms with Crippen molar-refractivity contribution >= 4 is 42.1 Å². The van der Waals surface area contributed by atoms with Crippen molar-refractivity contribution in [2.45, 2.75) is 44.6 Å². The zero-order valence-electron chi connectivity index (χ0n) is 14.5. The molecule has 0 atom stereocenters. The highest BCUT2D eigenvalue weighted by molar-refractivity contribution is 7.13. The van der Waals surface area contributed by atoms with E-state index in [1.54, 1.807) is 24.0 Å². The first-order valence-electron chi connectivity index (χ1n) is 8.56. The quantitative estimate of drug-likeness (QED) is 0.555. The summed E-state index contributed by atoms with van der Waals surface area (Å²) in [5.41, 5.74) is 1.13. The fourth-order valence-corrected chi connectivity index (χ4v) is 3.69. The number of rotatable bonds is 6. The van der Waals surface area contributed by atoms with Crippen LogP contribution in [0.1, 0.15) is 49.0 Å². The molecule has 0 saturated heterocycles. The molecular weight excluding hydrogens is 393 g/mol. The van der Waals surface area contributed by atoms with Crippen LogP contribution in [0.2, 0.25) is 0 Å². The number of nitrogens with one attached hydrogen (secondary N) is 2. The molecule has 1 saturated carbocycles. The molecule has 1 fully saturated rings. The average molecular weight is 418 g/mol. The zero-order chi connectivity index (χ0) is 16.6. The molecule has 144 valence electrons. The summed E-state index contributed by atoms with van der Waals surface area (Å²) in [4.78, 5) is 24.7. The second-order valence-corrected chi connectivity index (χ2v) is 6.89.